The molecule has 104 valence electrons. The van der Waals surface area contributed by atoms with Gasteiger partial charge in [-0.3, -0.25) is 0 Å². The molecule has 3 heteroatoms. The van der Waals surface area contributed by atoms with Gasteiger partial charge in [-0.05, 0) is 67.1 Å². The molecule has 0 aliphatic heterocycles. The maximum Gasteiger partial charge on any atom is 0.125 e. The van der Waals surface area contributed by atoms with Gasteiger partial charge in [-0.1, -0.05) is 12.1 Å². The maximum absolute atomic E-state index is 13.4. The highest BCUT2D eigenvalue weighted by molar-refractivity contribution is 5.53. The van der Waals surface area contributed by atoms with Crippen LogP contribution in [0.4, 0.5) is 10.1 Å². The molecule has 0 saturated heterocycles. The normalized spacial score (nSPS) is 17.6. The van der Waals surface area contributed by atoms with Crippen LogP contribution in [0, 0.1) is 12.7 Å². The monoisotopic (exact) mass is 271 g/mol. The van der Waals surface area contributed by atoms with Gasteiger partial charge in [-0.25, -0.2) is 4.39 Å². The summed E-state index contributed by atoms with van der Waals surface area (Å²) in [6.45, 7) is 1.97. The van der Waals surface area contributed by atoms with E-state index in [1.165, 1.54) is 17.2 Å². The minimum absolute atomic E-state index is 0.180. The van der Waals surface area contributed by atoms with Crippen LogP contribution in [0.2, 0.25) is 0 Å². The lowest BCUT2D eigenvalue weighted by atomic mass is 9.87. The minimum atomic E-state index is -0.222. The van der Waals surface area contributed by atoms with Crippen LogP contribution in [0.5, 0.6) is 5.75 Å². The van der Waals surface area contributed by atoms with Crippen LogP contribution in [0.3, 0.4) is 0 Å². The zero-order valence-corrected chi connectivity index (χ0v) is 11.5. The smallest absolute Gasteiger partial charge is 0.125 e. The number of aromatic hydroxyl groups is 1. The van der Waals surface area contributed by atoms with Crippen LogP contribution in [0.25, 0.3) is 0 Å². The summed E-state index contributed by atoms with van der Waals surface area (Å²) in [6.07, 6.45) is 3.08. The van der Waals surface area contributed by atoms with Crippen LogP contribution in [-0.4, -0.2) is 5.11 Å². The quantitative estimate of drug-likeness (QED) is 0.852. The molecule has 0 aromatic heterocycles. The highest BCUT2D eigenvalue weighted by Gasteiger charge is 2.20. The standard InChI is InChI=1S/C17H18FNO/c1-11-5-6-13(18)10-17(11)19-16-4-2-3-12-9-14(20)7-8-15(12)16/h5-10,16,19-20H,2-4H2,1H3. The molecule has 0 amide bonds. The molecule has 2 aromatic rings. The first-order valence-corrected chi connectivity index (χ1v) is 6.98. The van der Waals surface area contributed by atoms with Crippen molar-refractivity contribution in [3.8, 4) is 5.75 Å². The van der Waals surface area contributed by atoms with E-state index in [1.807, 2.05) is 19.1 Å². The second kappa shape index (κ2) is 5.16. The summed E-state index contributed by atoms with van der Waals surface area (Å²) < 4.78 is 13.4. The Morgan fingerprint density at radius 3 is 2.90 bits per heavy atom. The lowest BCUT2D eigenvalue weighted by molar-refractivity contribution is 0.472. The third kappa shape index (κ3) is 2.48. The first-order valence-electron chi connectivity index (χ1n) is 6.98. The molecule has 0 heterocycles. The maximum atomic E-state index is 13.4. The van der Waals surface area contributed by atoms with Crippen molar-refractivity contribution in [2.45, 2.75) is 32.2 Å². The van der Waals surface area contributed by atoms with E-state index in [0.29, 0.717) is 5.75 Å². The molecular weight excluding hydrogens is 253 g/mol. The molecule has 1 aliphatic rings. The van der Waals surface area contributed by atoms with Gasteiger partial charge in [0, 0.05) is 5.69 Å². The zero-order valence-electron chi connectivity index (χ0n) is 11.5. The Balaban J connectivity index is 1.91. The predicted molar refractivity (Wildman–Crippen MR) is 78.5 cm³/mol. The molecule has 0 radical (unpaired) electrons. The highest BCUT2D eigenvalue weighted by Crippen LogP contribution is 2.35. The molecule has 2 aromatic carbocycles. The van der Waals surface area contributed by atoms with Gasteiger partial charge in [0.25, 0.3) is 0 Å². The molecule has 1 atom stereocenters. The molecular formula is C17H18FNO. The van der Waals surface area contributed by atoms with Crippen LogP contribution < -0.4 is 5.32 Å². The summed E-state index contributed by atoms with van der Waals surface area (Å²) in [5, 5.41) is 13.0. The number of hydrogen-bond acceptors (Lipinski definition) is 2. The van der Waals surface area contributed by atoms with E-state index in [0.717, 1.165) is 30.5 Å². The fraction of sp³-hybridized carbons (Fsp3) is 0.294. The van der Waals surface area contributed by atoms with E-state index in [2.05, 4.69) is 5.32 Å². The molecule has 0 saturated carbocycles. The van der Waals surface area contributed by atoms with Crippen molar-refractivity contribution in [3.05, 3.63) is 58.9 Å². The second-order valence-corrected chi connectivity index (χ2v) is 5.43. The number of aryl methyl sites for hydroxylation is 2. The Morgan fingerprint density at radius 2 is 2.05 bits per heavy atom. The van der Waals surface area contributed by atoms with Crippen molar-refractivity contribution in [1.82, 2.24) is 0 Å². The van der Waals surface area contributed by atoms with Crippen molar-refractivity contribution in [2.24, 2.45) is 0 Å². The van der Waals surface area contributed by atoms with E-state index in [9.17, 15) is 9.50 Å². The lowest BCUT2D eigenvalue weighted by Crippen LogP contribution is -2.17. The van der Waals surface area contributed by atoms with Crippen molar-refractivity contribution in [2.75, 3.05) is 5.32 Å². The average Bonchev–Trinajstić information content (AvgIpc) is 2.43. The molecule has 1 aliphatic carbocycles. The fourth-order valence-corrected chi connectivity index (χ4v) is 2.89. The summed E-state index contributed by atoms with van der Waals surface area (Å²) in [7, 11) is 0. The molecule has 0 fully saturated rings. The Labute approximate surface area is 118 Å². The number of hydrogen-bond donors (Lipinski definition) is 2. The third-order valence-corrected chi connectivity index (χ3v) is 3.97. The van der Waals surface area contributed by atoms with Crippen LogP contribution in [0.1, 0.15) is 35.6 Å². The summed E-state index contributed by atoms with van der Waals surface area (Å²) >= 11 is 0. The number of benzene rings is 2. The third-order valence-electron chi connectivity index (χ3n) is 3.97. The Bertz CT molecular complexity index is 639. The Morgan fingerprint density at radius 1 is 1.20 bits per heavy atom. The van der Waals surface area contributed by atoms with Gasteiger partial charge in [-0.15, -0.1) is 0 Å². The van der Waals surface area contributed by atoms with Crippen molar-refractivity contribution in [1.29, 1.82) is 0 Å². The summed E-state index contributed by atoms with van der Waals surface area (Å²) in [5.41, 5.74) is 4.27. The number of anilines is 1. The van der Waals surface area contributed by atoms with Crippen LogP contribution >= 0.6 is 0 Å². The number of rotatable bonds is 2. The number of phenols is 1. The largest absolute Gasteiger partial charge is 0.508 e. The van der Waals surface area contributed by atoms with Crippen molar-refractivity contribution >= 4 is 5.69 Å². The molecule has 0 bridgehead atoms. The van der Waals surface area contributed by atoms with Gasteiger partial charge in [0.15, 0.2) is 0 Å². The van der Waals surface area contributed by atoms with Gasteiger partial charge in [0.1, 0.15) is 11.6 Å². The molecule has 2 N–H and O–H groups in total. The van der Waals surface area contributed by atoms with Crippen LogP contribution in [0.15, 0.2) is 36.4 Å². The highest BCUT2D eigenvalue weighted by atomic mass is 19.1. The predicted octanol–water partition coefficient (Wildman–Crippen LogP) is 4.33. The first kappa shape index (κ1) is 13.0. The van der Waals surface area contributed by atoms with E-state index in [1.54, 1.807) is 18.2 Å². The zero-order chi connectivity index (χ0) is 14.1. The van der Waals surface area contributed by atoms with Crippen molar-refractivity contribution in [3.63, 3.8) is 0 Å². The lowest BCUT2D eigenvalue weighted by Gasteiger charge is -2.28. The fourth-order valence-electron chi connectivity index (χ4n) is 2.89. The Kier molecular flexibility index (Phi) is 3.35. The van der Waals surface area contributed by atoms with Gasteiger partial charge < -0.3 is 10.4 Å². The summed E-state index contributed by atoms with van der Waals surface area (Å²) in [6, 6.07) is 10.5. The number of fused-ring (bicyclic) bond motifs is 1. The molecule has 2 nitrogen and oxygen atoms in total. The number of phenolic OH excluding ortho intramolecular Hbond substituents is 1. The molecule has 0 spiro atoms. The van der Waals surface area contributed by atoms with Gasteiger partial charge in [0.05, 0.1) is 6.04 Å². The van der Waals surface area contributed by atoms with E-state index in [-0.39, 0.29) is 11.9 Å². The first-order chi connectivity index (χ1) is 9.63. The summed E-state index contributed by atoms with van der Waals surface area (Å²) in [4.78, 5) is 0. The molecule has 1 unspecified atom stereocenters. The number of halogens is 1. The topological polar surface area (TPSA) is 32.3 Å². The van der Waals surface area contributed by atoms with Crippen molar-refractivity contribution < 1.29 is 9.50 Å². The van der Waals surface area contributed by atoms with E-state index in [4.69, 9.17) is 0 Å². The van der Waals surface area contributed by atoms with Gasteiger partial charge in [0.2, 0.25) is 0 Å². The summed E-state index contributed by atoms with van der Waals surface area (Å²) in [5.74, 6) is 0.0891. The number of nitrogens with one attached hydrogen (secondary N) is 1. The van der Waals surface area contributed by atoms with E-state index < -0.39 is 0 Å². The second-order valence-electron chi connectivity index (χ2n) is 5.43. The molecule has 3 rings (SSSR count). The SMILES string of the molecule is Cc1ccc(F)cc1NC1CCCc2cc(O)ccc21. The van der Waals surface area contributed by atoms with Gasteiger partial charge in [-0.2, -0.15) is 0 Å². The Hall–Kier alpha value is -2.03. The molecule has 20 heavy (non-hydrogen) atoms. The minimum Gasteiger partial charge on any atom is -0.508 e. The van der Waals surface area contributed by atoms with Gasteiger partial charge >= 0.3 is 0 Å². The van der Waals surface area contributed by atoms with E-state index >= 15 is 0 Å². The average molecular weight is 271 g/mol. The van der Waals surface area contributed by atoms with Crippen LogP contribution in [-0.2, 0) is 6.42 Å².